The van der Waals surface area contributed by atoms with Gasteiger partial charge in [-0.2, -0.15) is 13.2 Å². The molecule has 0 bridgehead atoms. The van der Waals surface area contributed by atoms with Gasteiger partial charge in [0.15, 0.2) is 0 Å². The van der Waals surface area contributed by atoms with Crippen LogP contribution in [-0.2, 0) is 0 Å². The Morgan fingerprint density at radius 1 is 1.26 bits per heavy atom. The van der Waals surface area contributed by atoms with Gasteiger partial charge in [-0.1, -0.05) is 28.1 Å². The van der Waals surface area contributed by atoms with Gasteiger partial charge in [0.1, 0.15) is 18.3 Å². The predicted molar refractivity (Wildman–Crippen MR) is 81.4 cm³/mol. The van der Waals surface area contributed by atoms with Crippen molar-refractivity contribution in [1.82, 2.24) is 0 Å². The van der Waals surface area contributed by atoms with E-state index in [-0.39, 0.29) is 5.75 Å². The van der Waals surface area contributed by atoms with Crippen LogP contribution in [0.5, 0.6) is 5.75 Å². The van der Waals surface area contributed by atoms with Crippen LogP contribution in [0.3, 0.4) is 0 Å². The molecule has 0 aliphatic rings. The van der Waals surface area contributed by atoms with E-state index >= 15 is 0 Å². The summed E-state index contributed by atoms with van der Waals surface area (Å²) in [5, 5.41) is 0. The molecule has 0 aromatic heterocycles. The molecular formula is C10H7Br3F3NOS. The van der Waals surface area contributed by atoms with Crippen LogP contribution in [-0.4, -0.2) is 17.8 Å². The Hall–Kier alpha value is 0.140. The van der Waals surface area contributed by atoms with E-state index in [2.05, 4.69) is 60.0 Å². The number of thiocarbonyl (C=S) groups is 1. The molecule has 1 aromatic carbocycles. The number of benzene rings is 1. The fourth-order valence-corrected chi connectivity index (χ4v) is 3.86. The first kappa shape index (κ1) is 17.2. The van der Waals surface area contributed by atoms with Gasteiger partial charge in [-0.3, -0.25) is 0 Å². The second kappa shape index (κ2) is 6.73. The summed E-state index contributed by atoms with van der Waals surface area (Å²) in [6.07, 6.45) is -4.53. The minimum atomic E-state index is -4.53. The average Bonchev–Trinajstić information content (AvgIpc) is 2.18. The van der Waals surface area contributed by atoms with E-state index in [1.54, 1.807) is 12.1 Å². The van der Waals surface area contributed by atoms with Crippen molar-refractivity contribution in [2.45, 2.75) is 6.18 Å². The van der Waals surface area contributed by atoms with Crippen LogP contribution in [0.2, 0.25) is 0 Å². The minimum absolute atomic E-state index is 0.258. The predicted octanol–water partition coefficient (Wildman–Crippen LogP) is 4.82. The van der Waals surface area contributed by atoms with E-state index in [9.17, 15) is 13.2 Å². The molecule has 1 rings (SSSR count). The molecule has 0 saturated heterocycles. The summed E-state index contributed by atoms with van der Waals surface area (Å²) in [7, 11) is 0. The number of nitrogens with two attached hydrogens (primary N) is 1. The van der Waals surface area contributed by atoms with Gasteiger partial charge in [0.25, 0.3) is 0 Å². The molecule has 9 heteroatoms. The van der Waals surface area contributed by atoms with Crippen LogP contribution in [0.4, 0.5) is 13.2 Å². The molecule has 0 fully saturated rings. The molecule has 0 spiro atoms. The van der Waals surface area contributed by atoms with E-state index in [0.717, 1.165) is 4.47 Å². The van der Waals surface area contributed by atoms with Gasteiger partial charge in [-0.05, 0) is 44.0 Å². The Bertz CT molecular complexity index is 472. The first-order valence-electron chi connectivity index (χ1n) is 4.76. The molecule has 1 atom stereocenters. The number of ether oxygens (including phenoxy) is 1. The summed E-state index contributed by atoms with van der Waals surface area (Å²) in [6.45, 7) is -0.669. The number of halogens is 6. The third-order valence-corrected chi connectivity index (χ3v) is 4.02. The molecule has 0 amide bonds. The number of rotatable bonds is 4. The summed E-state index contributed by atoms with van der Waals surface area (Å²) in [5.41, 5.74) is 5.09. The maximum atomic E-state index is 12.7. The third-order valence-electron chi connectivity index (χ3n) is 2.10. The van der Waals surface area contributed by atoms with Crippen LogP contribution in [0, 0.1) is 5.92 Å². The average molecular weight is 486 g/mol. The Morgan fingerprint density at radius 2 is 1.74 bits per heavy atom. The van der Waals surface area contributed by atoms with Crippen molar-refractivity contribution in [3.05, 3.63) is 25.6 Å². The quantitative estimate of drug-likeness (QED) is 0.621. The summed E-state index contributed by atoms with van der Waals surface area (Å²) < 4.78 is 44.9. The second-order valence-electron chi connectivity index (χ2n) is 3.51. The zero-order valence-corrected chi connectivity index (χ0v) is 14.7. The normalized spacial score (nSPS) is 13.2. The lowest BCUT2D eigenvalue weighted by Crippen LogP contribution is -2.38. The standard InChI is InChI=1S/C10H7Br3F3NOS/c11-4-1-6(12)8(7(13)2-4)18-3-5(9(17)19)10(14,15)16/h1-2,5H,3H2,(H2,17,19). The van der Waals surface area contributed by atoms with Gasteiger partial charge in [0.05, 0.1) is 13.9 Å². The molecule has 0 aliphatic carbocycles. The Labute approximate surface area is 138 Å². The summed E-state index contributed by atoms with van der Waals surface area (Å²) in [5.74, 6) is -1.72. The van der Waals surface area contributed by atoms with Crippen molar-refractivity contribution >= 4 is 65.0 Å². The number of hydrogen-bond acceptors (Lipinski definition) is 2. The summed E-state index contributed by atoms with van der Waals surface area (Å²) >= 11 is 14.1. The van der Waals surface area contributed by atoms with Crippen molar-refractivity contribution in [3.63, 3.8) is 0 Å². The molecule has 1 aromatic rings. The molecule has 0 saturated carbocycles. The molecule has 2 nitrogen and oxygen atoms in total. The maximum Gasteiger partial charge on any atom is 0.401 e. The fraction of sp³-hybridized carbons (Fsp3) is 0.300. The maximum absolute atomic E-state index is 12.7. The molecule has 2 N–H and O–H groups in total. The minimum Gasteiger partial charge on any atom is -0.490 e. The first-order chi connectivity index (χ1) is 8.62. The van der Waals surface area contributed by atoms with E-state index < -0.39 is 23.7 Å². The molecule has 106 valence electrons. The zero-order valence-electron chi connectivity index (χ0n) is 9.10. The van der Waals surface area contributed by atoms with Gasteiger partial charge in [-0.25, -0.2) is 0 Å². The monoisotopic (exact) mass is 483 g/mol. The van der Waals surface area contributed by atoms with Crippen LogP contribution in [0.1, 0.15) is 0 Å². The zero-order chi connectivity index (χ0) is 14.8. The summed E-state index contributed by atoms with van der Waals surface area (Å²) in [4.78, 5) is -0.642. The highest BCUT2D eigenvalue weighted by Gasteiger charge is 2.42. The Morgan fingerprint density at radius 3 is 2.11 bits per heavy atom. The highest BCUT2D eigenvalue weighted by atomic mass is 79.9. The van der Waals surface area contributed by atoms with Crippen LogP contribution < -0.4 is 10.5 Å². The molecule has 0 radical (unpaired) electrons. The van der Waals surface area contributed by atoms with E-state index in [4.69, 9.17) is 10.5 Å². The molecule has 0 aliphatic heterocycles. The lowest BCUT2D eigenvalue weighted by atomic mass is 10.1. The second-order valence-corrected chi connectivity index (χ2v) is 6.60. The molecule has 1 unspecified atom stereocenters. The lowest BCUT2D eigenvalue weighted by molar-refractivity contribution is -0.161. The topological polar surface area (TPSA) is 35.2 Å². The van der Waals surface area contributed by atoms with Crippen molar-refractivity contribution in [2.24, 2.45) is 11.7 Å². The van der Waals surface area contributed by atoms with Gasteiger partial charge in [0.2, 0.25) is 0 Å². The lowest BCUT2D eigenvalue weighted by Gasteiger charge is -2.20. The fourth-order valence-electron chi connectivity index (χ4n) is 1.17. The van der Waals surface area contributed by atoms with Crippen LogP contribution in [0.15, 0.2) is 25.6 Å². The van der Waals surface area contributed by atoms with Crippen molar-refractivity contribution in [2.75, 3.05) is 6.61 Å². The highest BCUT2D eigenvalue weighted by Crippen LogP contribution is 2.37. The van der Waals surface area contributed by atoms with Gasteiger partial charge in [-0.15, -0.1) is 0 Å². The summed E-state index contributed by atoms with van der Waals surface area (Å²) in [6, 6.07) is 3.31. The molecule has 0 heterocycles. The Balaban J connectivity index is 2.90. The number of hydrogen-bond donors (Lipinski definition) is 1. The van der Waals surface area contributed by atoms with Crippen molar-refractivity contribution in [3.8, 4) is 5.75 Å². The largest absolute Gasteiger partial charge is 0.490 e. The molecule has 19 heavy (non-hydrogen) atoms. The smallest absolute Gasteiger partial charge is 0.401 e. The van der Waals surface area contributed by atoms with E-state index in [1.807, 2.05) is 0 Å². The first-order valence-corrected chi connectivity index (χ1v) is 7.55. The van der Waals surface area contributed by atoms with E-state index in [1.165, 1.54) is 0 Å². The van der Waals surface area contributed by atoms with Crippen molar-refractivity contribution in [1.29, 1.82) is 0 Å². The molecular weight excluding hydrogens is 479 g/mol. The number of alkyl halides is 3. The highest BCUT2D eigenvalue weighted by molar-refractivity contribution is 9.11. The van der Waals surface area contributed by atoms with Crippen LogP contribution in [0.25, 0.3) is 0 Å². The third kappa shape index (κ3) is 4.87. The van der Waals surface area contributed by atoms with Gasteiger partial charge in [0, 0.05) is 4.47 Å². The van der Waals surface area contributed by atoms with Crippen molar-refractivity contribution < 1.29 is 17.9 Å². The SMILES string of the molecule is NC(=S)C(COc1c(Br)cc(Br)cc1Br)C(F)(F)F. The Kier molecular flexibility index (Phi) is 6.09. The van der Waals surface area contributed by atoms with Gasteiger partial charge >= 0.3 is 6.18 Å². The van der Waals surface area contributed by atoms with Crippen LogP contribution >= 0.6 is 60.0 Å². The van der Waals surface area contributed by atoms with E-state index in [0.29, 0.717) is 8.95 Å². The van der Waals surface area contributed by atoms with Gasteiger partial charge < -0.3 is 10.5 Å².